The Kier molecular flexibility index (Phi) is 4.39. The van der Waals surface area contributed by atoms with Crippen LogP contribution in [0.1, 0.15) is 44.0 Å². The van der Waals surface area contributed by atoms with E-state index in [-0.39, 0.29) is 12.0 Å². The molecule has 6 nitrogen and oxygen atoms in total. The highest BCUT2D eigenvalue weighted by atomic mass is 127. The first kappa shape index (κ1) is 17.3. The third-order valence-electron chi connectivity index (χ3n) is 4.22. The Labute approximate surface area is 155 Å². The lowest BCUT2D eigenvalue weighted by Crippen LogP contribution is -2.63. The van der Waals surface area contributed by atoms with Crippen LogP contribution in [0, 0.1) is 3.57 Å². The van der Waals surface area contributed by atoms with Crippen molar-refractivity contribution >= 4 is 40.3 Å². The summed E-state index contributed by atoms with van der Waals surface area (Å²) < 4.78 is 6.45. The largest absolute Gasteiger partial charge is 0.444 e. The fourth-order valence-electron chi connectivity index (χ4n) is 3.03. The number of anilines is 1. The van der Waals surface area contributed by atoms with Gasteiger partial charge in [-0.1, -0.05) is 0 Å². The first-order valence-corrected chi connectivity index (χ1v) is 9.14. The predicted molar refractivity (Wildman–Crippen MR) is 100 cm³/mol. The number of halogens is 1. The molecule has 0 aliphatic carbocycles. The number of amides is 2. The fourth-order valence-corrected chi connectivity index (χ4v) is 3.53. The summed E-state index contributed by atoms with van der Waals surface area (Å²) in [4.78, 5) is 26.3. The molecule has 2 amide bonds. The van der Waals surface area contributed by atoms with Crippen LogP contribution >= 0.6 is 22.6 Å². The van der Waals surface area contributed by atoms with Crippen molar-refractivity contribution in [2.45, 2.75) is 44.9 Å². The van der Waals surface area contributed by atoms with Gasteiger partial charge in [0.15, 0.2) is 0 Å². The quantitative estimate of drug-likeness (QED) is 0.605. The van der Waals surface area contributed by atoms with E-state index >= 15 is 0 Å². The second-order valence-corrected chi connectivity index (χ2v) is 8.56. The van der Waals surface area contributed by atoms with Gasteiger partial charge in [-0.25, -0.2) is 4.79 Å². The minimum absolute atomic E-state index is 0.0621. The molecule has 1 saturated heterocycles. The predicted octanol–water partition coefficient (Wildman–Crippen LogP) is 3.17. The molecule has 1 aromatic carbocycles. The normalized spacial score (nSPS) is 19.3. The van der Waals surface area contributed by atoms with E-state index < -0.39 is 11.3 Å². The Bertz CT molecular complexity index is 676. The van der Waals surface area contributed by atoms with Crippen molar-refractivity contribution in [2.75, 3.05) is 18.4 Å². The van der Waals surface area contributed by atoms with Crippen LogP contribution in [-0.4, -0.2) is 41.3 Å². The first-order valence-electron chi connectivity index (χ1n) is 8.06. The number of ether oxygens (including phenoxy) is 1. The SMILES string of the molecule is CC(C)(C)OC(=O)N1CCC2(CC1)NC(=O)c1cc(I)ccc1N2. The van der Waals surface area contributed by atoms with Crippen molar-refractivity contribution in [1.82, 2.24) is 10.2 Å². The average molecular weight is 443 g/mol. The molecule has 0 bridgehead atoms. The van der Waals surface area contributed by atoms with E-state index in [0.29, 0.717) is 31.5 Å². The Balaban J connectivity index is 1.69. The number of fused-ring (bicyclic) bond motifs is 1. The number of hydrogen-bond acceptors (Lipinski definition) is 4. The van der Waals surface area contributed by atoms with Gasteiger partial charge >= 0.3 is 6.09 Å². The summed E-state index contributed by atoms with van der Waals surface area (Å²) in [7, 11) is 0. The molecule has 0 unspecified atom stereocenters. The highest BCUT2D eigenvalue weighted by Crippen LogP contribution is 2.32. The maximum Gasteiger partial charge on any atom is 0.410 e. The summed E-state index contributed by atoms with van der Waals surface area (Å²) in [6.45, 7) is 6.66. The van der Waals surface area contributed by atoms with Crippen molar-refractivity contribution in [3.05, 3.63) is 27.3 Å². The molecule has 0 radical (unpaired) electrons. The number of hydrogen-bond donors (Lipinski definition) is 2. The molecule has 24 heavy (non-hydrogen) atoms. The zero-order valence-corrected chi connectivity index (χ0v) is 16.3. The summed E-state index contributed by atoms with van der Waals surface area (Å²) >= 11 is 2.20. The summed E-state index contributed by atoms with van der Waals surface area (Å²) in [5.41, 5.74) is 0.529. The zero-order chi connectivity index (χ0) is 17.5. The van der Waals surface area contributed by atoms with Crippen molar-refractivity contribution in [1.29, 1.82) is 0 Å². The average Bonchev–Trinajstić information content (AvgIpc) is 2.47. The molecule has 1 fully saturated rings. The number of rotatable bonds is 0. The van der Waals surface area contributed by atoms with E-state index in [9.17, 15) is 9.59 Å². The van der Waals surface area contributed by atoms with Gasteiger partial charge in [-0.2, -0.15) is 0 Å². The summed E-state index contributed by atoms with van der Waals surface area (Å²) in [5.74, 6) is -0.0621. The Morgan fingerprint density at radius 3 is 2.54 bits per heavy atom. The van der Waals surface area contributed by atoms with Gasteiger partial charge in [0.2, 0.25) is 0 Å². The molecule has 0 atom stereocenters. The third kappa shape index (κ3) is 3.60. The fraction of sp³-hybridized carbons (Fsp3) is 0.529. The monoisotopic (exact) mass is 443 g/mol. The van der Waals surface area contributed by atoms with E-state index in [4.69, 9.17) is 4.74 Å². The lowest BCUT2D eigenvalue weighted by atomic mass is 9.92. The van der Waals surface area contributed by atoms with E-state index in [1.54, 1.807) is 4.90 Å². The zero-order valence-electron chi connectivity index (χ0n) is 14.1. The minimum atomic E-state index is -0.500. The highest BCUT2D eigenvalue weighted by molar-refractivity contribution is 14.1. The Morgan fingerprint density at radius 2 is 1.92 bits per heavy atom. The van der Waals surface area contributed by atoms with Gasteiger partial charge in [0.05, 0.1) is 5.56 Å². The van der Waals surface area contributed by atoms with Crippen molar-refractivity contribution in [3.63, 3.8) is 0 Å². The summed E-state index contributed by atoms with van der Waals surface area (Å²) in [6, 6.07) is 5.80. The molecule has 0 saturated carbocycles. The van der Waals surface area contributed by atoms with Crippen LogP contribution in [0.15, 0.2) is 18.2 Å². The highest BCUT2D eigenvalue weighted by Gasteiger charge is 2.41. The Hall–Kier alpha value is -1.51. The number of nitrogens with zero attached hydrogens (tertiary/aromatic N) is 1. The van der Waals surface area contributed by atoms with Crippen LogP contribution in [0.2, 0.25) is 0 Å². The molecular formula is C17H22IN3O3. The molecule has 7 heteroatoms. The maximum absolute atomic E-state index is 12.5. The van der Waals surface area contributed by atoms with E-state index in [1.807, 2.05) is 39.0 Å². The van der Waals surface area contributed by atoms with Crippen molar-refractivity contribution < 1.29 is 14.3 Å². The van der Waals surface area contributed by atoms with Crippen LogP contribution in [0.25, 0.3) is 0 Å². The molecule has 1 aromatic rings. The van der Waals surface area contributed by atoms with Crippen molar-refractivity contribution in [2.24, 2.45) is 0 Å². The van der Waals surface area contributed by atoms with Gasteiger partial charge in [-0.05, 0) is 61.6 Å². The molecule has 2 heterocycles. The van der Waals surface area contributed by atoms with Gasteiger partial charge in [-0.3, -0.25) is 4.79 Å². The van der Waals surface area contributed by atoms with Crippen molar-refractivity contribution in [3.8, 4) is 0 Å². The molecule has 1 spiro atoms. The molecule has 0 aromatic heterocycles. The third-order valence-corrected chi connectivity index (χ3v) is 4.89. The summed E-state index contributed by atoms with van der Waals surface area (Å²) in [5, 5.41) is 6.55. The van der Waals surface area contributed by atoms with Crippen LogP contribution in [0.3, 0.4) is 0 Å². The maximum atomic E-state index is 12.5. The number of benzene rings is 1. The lowest BCUT2D eigenvalue weighted by Gasteiger charge is -2.45. The van der Waals surface area contributed by atoms with Crippen LogP contribution < -0.4 is 10.6 Å². The van der Waals surface area contributed by atoms with E-state index in [0.717, 1.165) is 9.26 Å². The topological polar surface area (TPSA) is 70.7 Å². The second-order valence-electron chi connectivity index (χ2n) is 7.32. The number of carbonyl (C=O) groups excluding carboxylic acids is 2. The first-order chi connectivity index (χ1) is 11.2. The molecule has 2 aliphatic heterocycles. The molecule has 2 aliphatic rings. The second kappa shape index (κ2) is 6.09. The van der Waals surface area contributed by atoms with Gasteiger partial charge in [0.1, 0.15) is 11.3 Å². The number of nitrogens with one attached hydrogen (secondary N) is 2. The van der Waals surface area contributed by atoms with Crippen LogP contribution in [-0.2, 0) is 4.74 Å². The molecule has 3 rings (SSSR count). The summed E-state index contributed by atoms with van der Waals surface area (Å²) in [6.07, 6.45) is 0.988. The van der Waals surface area contributed by atoms with Gasteiger partial charge in [-0.15, -0.1) is 0 Å². The van der Waals surface area contributed by atoms with E-state index in [1.165, 1.54) is 0 Å². The number of likely N-dealkylation sites (tertiary alicyclic amines) is 1. The van der Waals surface area contributed by atoms with Crippen LogP contribution in [0.5, 0.6) is 0 Å². The Morgan fingerprint density at radius 1 is 1.25 bits per heavy atom. The number of piperidine rings is 1. The van der Waals surface area contributed by atoms with Gasteiger partial charge in [0, 0.05) is 35.2 Å². The van der Waals surface area contributed by atoms with Gasteiger partial charge < -0.3 is 20.3 Å². The van der Waals surface area contributed by atoms with Gasteiger partial charge in [0.25, 0.3) is 5.91 Å². The molecule has 2 N–H and O–H groups in total. The lowest BCUT2D eigenvalue weighted by molar-refractivity contribution is 0.0163. The number of carbonyl (C=O) groups is 2. The molecular weight excluding hydrogens is 421 g/mol. The molecule has 130 valence electrons. The van der Waals surface area contributed by atoms with E-state index in [2.05, 4.69) is 33.2 Å². The standard InChI is InChI=1S/C17H22IN3O3/c1-16(2,3)24-15(23)21-8-6-17(7-9-21)19-13-5-4-11(18)10-12(13)14(22)20-17/h4-5,10,19H,6-9H2,1-3H3,(H,20,22). The van der Waals surface area contributed by atoms with Crippen LogP contribution in [0.4, 0.5) is 10.5 Å². The smallest absolute Gasteiger partial charge is 0.410 e. The minimum Gasteiger partial charge on any atom is -0.444 e.